The molecule has 2 heterocycles. The number of nitrogens with zero attached hydrogens (tertiary/aromatic N) is 1. The molecule has 1 saturated heterocycles. The van der Waals surface area contributed by atoms with Crippen LogP contribution in [0.2, 0.25) is 0 Å². The van der Waals surface area contributed by atoms with Gasteiger partial charge in [-0.2, -0.15) is 0 Å². The van der Waals surface area contributed by atoms with E-state index in [1.54, 1.807) is 0 Å². The minimum absolute atomic E-state index is 0.167. The first-order valence-electron chi connectivity index (χ1n) is 5.18. The molecule has 1 fully saturated rings. The van der Waals surface area contributed by atoms with Gasteiger partial charge in [-0.05, 0) is 6.42 Å². The highest BCUT2D eigenvalue weighted by molar-refractivity contribution is 7.13. The van der Waals surface area contributed by atoms with Crippen molar-refractivity contribution in [2.45, 2.75) is 25.0 Å². The first-order chi connectivity index (χ1) is 7.69. The van der Waals surface area contributed by atoms with Crippen LogP contribution in [0.4, 0.5) is 0 Å². The number of hydrogen-bond donors (Lipinski definition) is 1. The highest BCUT2D eigenvalue weighted by atomic mass is 32.1. The number of carboxylic acids is 1. The lowest BCUT2D eigenvalue weighted by Gasteiger charge is -2.30. The third-order valence-electron chi connectivity index (χ3n) is 2.95. The Labute approximate surface area is 96.0 Å². The summed E-state index contributed by atoms with van der Waals surface area (Å²) in [5, 5.41) is 9.04. The van der Waals surface area contributed by atoms with Gasteiger partial charge in [0.15, 0.2) is 5.79 Å². The zero-order chi connectivity index (χ0) is 11.2. The fraction of sp³-hybridized carbons (Fsp3) is 0.600. The molecular weight excluding hydrogens is 230 g/mol. The van der Waals surface area contributed by atoms with Gasteiger partial charge in [0.1, 0.15) is 0 Å². The standard InChI is InChI=1S/C10H11NO4S/c12-9(13)8-11-6-1-2-10(5-7(6)16-8)14-3-4-15-10/h1-5H2,(H,12,13). The maximum absolute atomic E-state index is 10.8. The average Bonchev–Trinajstić information content (AvgIpc) is 2.85. The second-order valence-electron chi connectivity index (χ2n) is 3.98. The smallest absolute Gasteiger partial charge is 0.365 e. The summed E-state index contributed by atoms with van der Waals surface area (Å²) in [4.78, 5) is 15.9. The van der Waals surface area contributed by atoms with E-state index < -0.39 is 11.8 Å². The Morgan fingerprint density at radius 2 is 2.19 bits per heavy atom. The zero-order valence-corrected chi connectivity index (χ0v) is 9.38. The monoisotopic (exact) mass is 241 g/mol. The van der Waals surface area contributed by atoms with Crippen LogP contribution in [-0.2, 0) is 22.3 Å². The van der Waals surface area contributed by atoms with Crippen molar-refractivity contribution in [3.8, 4) is 0 Å². The van der Waals surface area contributed by atoms with Gasteiger partial charge in [-0.1, -0.05) is 0 Å². The number of ether oxygens (including phenoxy) is 2. The first kappa shape index (κ1) is 10.2. The predicted octanol–water partition coefficient (Wildman–Crippen LogP) is 1.07. The average molecular weight is 241 g/mol. The Balaban J connectivity index is 1.91. The van der Waals surface area contributed by atoms with Crippen molar-refractivity contribution in [1.29, 1.82) is 0 Å². The summed E-state index contributed by atoms with van der Waals surface area (Å²) in [5.41, 5.74) is 0.895. The number of carboxylic acid groups (broad SMARTS) is 1. The molecule has 0 aromatic carbocycles. The molecule has 86 valence electrons. The third-order valence-corrected chi connectivity index (χ3v) is 4.03. The molecule has 1 spiro atoms. The van der Waals surface area contributed by atoms with Gasteiger partial charge in [0.05, 0.1) is 18.9 Å². The number of aryl methyl sites for hydroxylation is 1. The van der Waals surface area contributed by atoms with Gasteiger partial charge in [-0.15, -0.1) is 11.3 Å². The van der Waals surface area contributed by atoms with Gasteiger partial charge in [-0.25, -0.2) is 9.78 Å². The lowest BCUT2D eigenvalue weighted by molar-refractivity contribution is -0.163. The SMILES string of the molecule is O=C(O)c1nc2c(s1)CC1(CC2)OCCO1. The molecule has 1 aromatic heterocycles. The summed E-state index contributed by atoms with van der Waals surface area (Å²) in [7, 11) is 0. The Morgan fingerprint density at radius 3 is 2.88 bits per heavy atom. The molecule has 0 saturated carbocycles. The van der Waals surface area contributed by atoms with E-state index >= 15 is 0 Å². The molecule has 1 N–H and O–H groups in total. The number of hydrogen-bond acceptors (Lipinski definition) is 5. The van der Waals surface area contributed by atoms with Crippen molar-refractivity contribution < 1.29 is 19.4 Å². The maximum Gasteiger partial charge on any atom is 0.365 e. The summed E-state index contributed by atoms with van der Waals surface area (Å²) < 4.78 is 11.2. The van der Waals surface area contributed by atoms with E-state index in [-0.39, 0.29) is 5.01 Å². The van der Waals surface area contributed by atoms with Crippen LogP contribution in [0.5, 0.6) is 0 Å². The zero-order valence-electron chi connectivity index (χ0n) is 8.56. The number of fused-ring (bicyclic) bond motifs is 1. The molecule has 0 bridgehead atoms. The van der Waals surface area contributed by atoms with E-state index in [4.69, 9.17) is 14.6 Å². The van der Waals surface area contributed by atoms with Crippen LogP contribution < -0.4 is 0 Å². The predicted molar refractivity (Wildman–Crippen MR) is 55.7 cm³/mol. The molecule has 6 heteroatoms. The third kappa shape index (κ3) is 1.53. The molecule has 1 aliphatic heterocycles. The van der Waals surface area contributed by atoms with Crippen molar-refractivity contribution in [2.75, 3.05) is 13.2 Å². The number of aromatic nitrogens is 1. The summed E-state index contributed by atoms with van der Waals surface area (Å²) in [6, 6.07) is 0. The molecule has 1 aromatic rings. The number of rotatable bonds is 1. The summed E-state index contributed by atoms with van der Waals surface area (Å²) in [6.07, 6.45) is 2.13. The Morgan fingerprint density at radius 1 is 1.44 bits per heavy atom. The van der Waals surface area contributed by atoms with Crippen molar-refractivity contribution in [3.05, 3.63) is 15.6 Å². The van der Waals surface area contributed by atoms with Crippen molar-refractivity contribution in [3.63, 3.8) is 0 Å². The van der Waals surface area contributed by atoms with Crippen LogP contribution in [-0.4, -0.2) is 35.1 Å². The molecule has 5 nitrogen and oxygen atoms in total. The number of carbonyl (C=O) groups is 1. The maximum atomic E-state index is 10.8. The normalized spacial score (nSPS) is 22.2. The topological polar surface area (TPSA) is 68.7 Å². The Bertz CT molecular complexity index is 436. The summed E-state index contributed by atoms with van der Waals surface area (Å²) in [5.74, 6) is -1.46. The van der Waals surface area contributed by atoms with E-state index in [2.05, 4.69) is 4.98 Å². The molecule has 2 aliphatic rings. The van der Waals surface area contributed by atoms with E-state index in [0.29, 0.717) is 19.6 Å². The highest BCUT2D eigenvalue weighted by Crippen LogP contribution is 2.37. The fourth-order valence-corrected chi connectivity index (χ4v) is 3.23. The Kier molecular flexibility index (Phi) is 2.24. The van der Waals surface area contributed by atoms with Gasteiger partial charge in [0.25, 0.3) is 0 Å². The van der Waals surface area contributed by atoms with E-state index in [1.807, 2.05) is 0 Å². The number of aromatic carboxylic acids is 1. The van der Waals surface area contributed by atoms with Gasteiger partial charge in [0.2, 0.25) is 5.01 Å². The van der Waals surface area contributed by atoms with Gasteiger partial charge < -0.3 is 14.6 Å². The van der Waals surface area contributed by atoms with E-state index in [9.17, 15) is 4.79 Å². The largest absolute Gasteiger partial charge is 0.476 e. The molecule has 16 heavy (non-hydrogen) atoms. The van der Waals surface area contributed by atoms with E-state index in [1.165, 1.54) is 11.3 Å². The summed E-state index contributed by atoms with van der Waals surface area (Å²) in [6.45, 7) is 1.25. The lowest BCUT2D eigenvalue weighted by atomic mass is 9.96. The Hall–Kier alpha value is -0.980. The quantitative estimate of drug-likeness (QED) is 0.796. The van der Waals surface area contributed by atoms with Gasteiger partial charge in [-0.3, -0.25) is 0 Å². The highest BCUT2D eigenvalue weighted by Gasteiger charge is 2.41. The first-order valence-corrected chi connectivity index (χ1v) is 6.00. The minimum atomic E-state index is -0.957. The van der Waals surface area contributed by atoms with Crippen LogP contribution in [0.25, 0.3) is 0 Å². The van der Waals surface area contributed by atoms with Crippen LogP contribution >= 0.6 is 11.3 Å². The van der Waals surface area contributed by atoms with Crippen molar-refractivity contribution >= 4 is 17.3 Å². The van der Waals surface area contributed by atoms with Gasteiger partial charge >= 0.3 is 5.97 Å². The molecule has 0 amide bonds. The van der Waals surface area contributed by atoms with Crippen LogP contribution in [0.3, 0.4) is 0 Å². The van der Waals surface area contributed by atoms with E-state index in [0.717, 1.165) is 23.4 Å². The second-order valence-corrected chi connectivity index (χ2v) is 5.06. The molecule has 0 unspecified atom stereocenters. The fourth-order valence-electron chi connectivity index (χ4n) is 2.19. The van der Waals surface area contributed by atoms with Crippen molar-refractivity contribution in [2.24, 2.45) is 0 Å². The molecule has 0 radical (unpaired) electrons. The van der Waals surface area contributed by atoms with Crippen LogP contribution in [0.1, 0.15) is 26.8 Å². The van der Waals surface area contributed by atoms with Crippen molar-refractivity contribution in [1.82, 2.24) is 4.98 Å². The molecule has 3 rings (SSSR count). The molecular formula is C10H11NO4S. The second kappa shape index (κ2) is 3.51. The molecule has 1 aliphatic carbocycles. The van der Waals surface area contributed by atoms with Crippen LogP contribution in [0, 0.1) is 0 Å². The minimum Gasteiger partial charge on any atom is -0.476 e. The number of thiazole rings is 1. The van der Waals surface area contributed by atoms with Crippen LogP contribution in [0.15, 0.2) is 0 Å². The summed E-state index contributed by atoms with van der Waals surface area (Å²) >= 11 is 1.23. The van der Waals surface area contributed by atoms with Gasteiger partial charge in [0, 0.05) is 17.7 Å². The molecule has 0 atom stereocenters. The lowest BCUT2D eigenvalue weighted by Crippen LogP contribution is -2.36.